The molecule has 0 heterocycles. The molecule has 0 fully saturated rings. The molecule has 0 aromatic heterocycles. The van der Waals surface area contributed by atoms with Crippen LogP contribution in [0.3, 0.4) is 0 Å². The summed E-state index contributed by atoms with van der Waals surface area (Å²) in [4.78, 5) is 12.4. The molecular formula is C23H24N2O6S. The third-order valence-electron chi connectivity index (χ3n) is 4.74. The van der Waals surface area contributed by atoms with E-state index in [2.05, 4.69) is 10.0 Å². The molecule has 8 nitrogen and oxygen atoms in total. The number of nitrogens with one attached hydrogen (secondary N) is 2. The van der Waals surface area contributed by atoms with Crippen LogP contribution in [0, 0.1) is 6.92 Å². The highest BCUT2D eigenvalue weighted by atomic mass is 32.2. The van der Waals surface area contributed by atoms with Crippen LogP contribution in [0.25, 0.3) is 0 Å². The smallest absolute Gasteiger partial charge is 0.265 e. The highest BCUT2D eigenvalue weighted by Gasteiger charge is 2.23. The van der Waals surface area contributed by atoms with Gasteiger partial charge in [-0.25, -0.2) is 8.42 Å². The molecule has 0 unspecified atom stereocenters. The van der Waals surface area contributed by atoms with Crippen molar-refractivity contribution in [2.45, 2.75) is 11.8 Å². The molecule has 0 aliphatic carbocycles. The summed E-state index contributed by atoms with van der Waals surface area (Å²) in [5, 5.41) is 2.82. The molecule has 3 aromatic carbocycles. The van der Waals surface area contributed by atoms with Crippen molar-refractivity contribution in [3.8, 4) is 17.2 Å². The van der Waals surface area contributed by atoms with Gasteiger partial charge in [0, 0.05) is 23.4 Å². The molecule has 0 atom stereocenters. The second-order valence-corrected chi connectivity index (χ2v) is 8.46. The first-order valence-electron chi connectivity index (χ1n) is 9.59. The molecule has 32 heavy (non-hydrogen) atoms. The Labute approximate surface area is 187 Å². The number of carbonyl (C=O) groups is 1. The topological polar surface area (TPSA) is 103 Å². The lowest BCUT2D eigenvalue weighted by molar-refractivity contribution is 0.102. The summed E-state index contributed by atoms with van der Waals surface area (Å²) in [5.41, 5.74) is 1.86. The molecule has 9 heteroatoms. The maximum atomic E-state index is 13.1. The van der Waals surface area contributed by atoms with Gasteiger partial charge in [0.2, 0.25) is 0 Å². The van der Waals surface area contributed by atoms with Crippen LogP contribution in [0.4, 0.5) is 11.4 Å². The van der Waals surface area contributed by atoms with Crippen LogP contribution in [0.5, 0.6) is 17.2 Å². The molecule has 1 amide bonds. The van der Waals surface area contributed by atoms with Gasteiger partial charge in [-0.3, -0.25) is 9.52 Å². The predicted molar refractivity (Wildman–Crippen MR) is 122 cm³/mol. The van der Waals surface area contributed by atoms with Crippen molar-refractivity contribution in [3.63, 3.8) is 0 Å². The lowest BCUT2D eigenvalue weighted by Crippen LogP contribution is -2.16. The molecule has 0 saturated carbocycles. The number of hydrogen-bond donors (Lipinski definition) is 2. The number of carbonyl (C=O) groups excluding carboxylic acids is 1. The Hall–Kier alpha value is -3.72. The second kappa shape index (κ2) is 9.61. The summed E-state index contributed by atoms with van der Waals surface area (Å²) in [6, 6.07) is 16.4. The number of hydrogen-bond acceptors (Lipinski definition) is 6. The first kappa shape index (κ1) is 23.0. The Morgan fingerprint density at radius 3 is 2.12 bits per heavy atom. The number of benzene rings is 3. The Morgan fingerprint density at radius 2 is 1.50 bits per heavy atom. The fourth-order valence-corrected chi connectivity index (χ4v) is 4.30. The highest BCUT2D eigenvalue weighted by molar-refractivity contribution is 7.92. The zero-order chi connectivity index (χ0) is 23.3. The van der Waals surface area contributed by atoms with Gasteiger partial charge in [-0.1, -0.05) is 18.2 Å². The van der Waals surface area contributed by atoms with E-state index < -0.39 is 10.0 Å². The molecule has 0 radical (unpaired) electrons. The van der Waals surface area contributed by atoms with Crippen LogP contribution < -0.4 is 24.2 Å². The third-order valence-corrected chi connectivity index (χ3v) is 6.12. The summed E-state index contributed by atoms with van der Waals surface area (Å²) >= 11 is 0. The maximum Gasteiger partial charge on any atom is 0.265 e. The highest BCUT2D eigenvalue weighted by Crippen LogP contribution is 2.35. The number of sulfonamides is 1. The summed E-state index contributed by atoms with van der Waals surface area (Å²) in [6.07, 6.45) is 0. The Morgan fingerprint density at radius 1 is 0.812 bits per heavy atom. The van der Waals surface area contributed by atoms with Gasteiger partial charge < -0.3 is 19.5 Å². The minimum Gasteiger partial charge on any atom is -0.497 e. The van der Waals surface area contributed by atoms with Gasteiger partial charge in [0.15, 0.2) is 0 Å². The van der Waals surface area contributed by atoms with Gasteiger partial charge in [0.05, 0.1) is 27.0 Å². The first-order chi connectivity index (χ1) is 15.3. The standard InChI is InChI=1S/C23H24N2O6S/c1-15-12-19(25-32(27,28)22-13-17(29-2)10-11-20(22)30-3)21(31-4)14-18(15)24-23(26)16-8-6-5-7-9-16/h5-14,25H,1-4H3,(H,24,26). The van der Waals surface area contributed by atoms with E-state index >= 15 is 0 Å². The lowest BCUT2D eigenvalue weighted by atomic mass is 10.1. The van der Waals surface area contributed by atoms with Crippen molar-refractivity contribution in [2.24, 2.45) is 0 Å². The summed E-state index contributed by atoms with van der Waals surface area (Å²) in [5.74, 6) is 0.489. The second-order valence-electron chi connectivity index (χ2n) is 6.81. The Bertz CT molecular complexity index is 1230. The van der Waals surface area contributed by atoms with Crippen LogP contribution in [-0.2, 0) is 10.0 Å². The van der Waals surface area contributed by atoms with Gasteiger partial charge in [-0.05, 0) is 42.8 Å². The van der Waals surface area contributed by atoms with E-state index in [1.54, 1.807) is 49.4 Å². The molecule has 0 spiro atoms. The molecule has 3 aromatic rings. The normalized spacial score (nSPS) is 10.9. The predicted octanol–water partition coefficient (Wildman–Crippen LogP) is 4.07. The molecule has 0 saturated heterocycles. The summed E-state index contributed by atoms with van der Waals surface area (Å²) in [7, 11) is 0.204. The minimum atomic E-state index is -4.04. The largest absolute Gasteiger partial charge is 0.497 e. The molecule has 168 valence electrons. The number of aryl methyl sites for hydroxylation is 1. The van der Waals surface area contributed by atoms with E-state index in [4.69, 9.17) is 14.2 Å². The van der Waals surface area contributed by atoms with Crippen molar-refractivity contribution in [1.82, 2.24) is 0 Å². The average Bonchev–Trinajstić information content (AvgIpc) is 2.80. The Balaban J connectivity index is 1.94. The number of rotatable bonds is 8. The minimum absolute atomic E-state index is 0.0829. The van der Waals surface area contributed by atoms with Gasteiger partial charge in [0.1, 0.15) is 22.1 Å². The van der Waals surface area contributed by atoms with E-state index in [0.29, 0.717) is 22.6 Å². The van der Waals surface area contributed by atoms with E-state index in [9.17, 15) is 13.2 Å². The summed E-state index contributed by atoms with van der Waals surface area (Å²) < 4.78 is 44.5. The van der Waals surface area contributed by atoms with Gasteiger partial charge in [-0.2, -0.15) is 0 Å². The zero-order valence-electron chi connectivity index (χ0n) is 18.1. The number of amides is 1. The molecular weight excluding hydrogens is 432 g/mol. The van der Waals surface area contributed by atoms with Crippen LogP contribution in [0.2, 0.25) is 0 Å². The van der Waals surface area contributed by atoms with Crippen molar-refractivity contribution in [2.75, 3.05) is 31.4 Å². The van der Waals surface area contributed by atoms with Crippen molar-refractivity contribution in [1.29, 1.82) is 0 Å². The van der Waals surface area contributed by atoms with Gasteiger partial charge >= 0.3 is 0 Å². The average molecular weight is 457 g/mol. The maximum absolute atomic E-state index is 13.1. The number of anilines is 2. The third kappa shape index (κ3) is 4.94. The summed E-state index contributed by atoms with van der Waals surface area (Å²) in [6.45, 7) is 1.75. The van der Waals surface area contributed by atoms with Crippen LogP contribution >= 0.6 is 0 Å². The first-order valence-corrected chi connectivity index (χ1v) is 11.1. The van der Waals surface area contributed by atoms with Crippen LogP contribution in [-0.4, -0.2) is 35.7 Å². The molecule has 3 rings (SSSR count). The lowest BCUT2D eigenvalue weighted by Gasteiger charge is -2.17. The fraction of sp³-hybridized carbons (Fsp3) is 0.174. The Kier molecular flexibility index (Phi) is 6.89. The van der Waals surface area contributed by atoms with Crippen molar-refractivity contribution in [3.05, 3.63) is 71.8 Å². The van der Waals surface area contributed by atoms with Crippen LogP contribution in [0.1, 0.15) is 15.9 Å². The van der Waals surface area contributed by atoms with Crippen LogP contribution in [0.15, 0.2) is 65.6 Å². The zero-order valence-corrected chi connectivity index (χ0v) is 18.9. The molecule has 2 N–H and O–H groups in total. The monoisotopic (exact) mass is 456 g/mol. The van der Waals surface area contributed by atoms with Gasteiger partial charge in [-0.15, -0.1) is 0 Å². The number of ether oxygens (including phenoxy) is 3. The SMILES string of the molecule is COc1ccc(OC)c(S(=O)(=O)Nc2cc(C)c(NC(=O)c3ccccc3)cc2OC)c1. The van der Waals surface area contributed by atoms with Crippen molar-refractivity contribution < 1.29 is 27.4 Å². The fourth-order valence-electron chi connectivity index (χ4n) is 3.05. The van der Waals surface area contributed by atoms with E-state index in [-0.39, 0.29) is 28.0 Å². The van der Waals surface area contributed by atoms with E-state index in [1.807, 2.05) is 6.07 Å². The van der Waals surface area contributed by atoms with E-state index in [1.165, 1.54) is 33.5 Å². The molecule has 0 bridgehead atoms. The number of methoxy groups -OCH3 is 3. The quantitative estimate of drug-likeness (QED) is 0.530. The molecule has 0 aliphatic rings. The van der Waals surface area contributed by atoms with E-state index in [0.717, 1.165) is 0 Å². The van der Waals surface area contributed by atoms with Gasteiger partial charge in [0.25, 0.3) is 15.9 Å². The van der Waals surface area contributed by atoms with Crippen molar-refractivity contribution >= 4 is 27.3 Å². The molecule has 0 aliphatic heterocycles.